The molecule has 0 radical (unpaired) electrons. The normalized spacial score (nSPS) is 31.7. The predicted molar refractivity (Wildman–Crippen MR) is 82.0 cm³/mol. The SMILES string of the molecule is CCCCC(O)CCC1C(C)C=CC2=CCCCC21. The molecule has 2 aliphatic carbocycles. The van der Waals surface area contributed by atoms with Crippen LogP contribution >= 0.6 is 0 Å². The molecule has 108 valence electrons. The van der Waals surface area contributed by atoms with Crippen LogP contribution in [0.25, 0.3) is 0 Å². The monoisotopic (exact) mass is 262 g/mol. The lowest BCUT2D eigenvalue weighted by atomic mass is 9.68. The van der Waals surface area contributed by atoms with Crippen LogP contribution < -0.4 is 0 Å². The van der Waals surface area contributed by atoms with E-state index in [1.165, 1.54) is 32.1 Å². The highest BCUT2D eigenvalue weighted by Gasteiger charge is 2.31. The predicted octanol–water partition coefficient (Wildman–Crippen LogP) is 4.87. The first-order valence-corrected chi connectivity index (χ1v) is 8.28. The molecule has 0 fully saturated rings. The van der Waals surface area contributed by atoms with Crippen molar-refractivity contribution >= 4 is 0 Å². The van der Waals surface area contributed by atoms with Crippen LogP contribution in [0.3, 0.4) is 0 Å². The highest BCUT2D eigenvalue weighted by atomic mass is 16.3. The first-order chi connectivity index (χ1) is 9.22. The van der Waals surface area contributed by atoms with Gasteiger partial charge in [0, 0.05) is 0 Å². The molecule has 0 amide bonds. The molecule has 2 aliphatic rings. The van der Waals surface area contributed by atoms with Crippen LogP contribution in [-0.2, 0) is 0 Å². The molecule has 2 rings (SSSR count). The Morgan fingerprint density at radius 1 is 1.37 bits per heavy atom. The van der Waals surface area contributed by atoms with E-state index in [2.05, 4.69) is 32.1 Å². The molecule has 4 atom stereocenters. The Kier molecular flexibility index (Phi) is 5.69. The summed E-state index contributed by atoms with van der Waals surface area (Å²) in [6.45, 7) is 4.55. The summed E-state index contributed by atoms with van der Waals surface area (Å²) in [6, 6.07) is 0. The Balaban J connectivity index is 1.89. The zero-order chi connectivity index (χ0) is 13.7. The van der Waals surface area contributed by atoms with Crippen LogP contribution in [-0.4, -0.2) is 11.2 Å². The van der Waals surface area contributed by atoms with Crippen LogP contribution in [0.2, 0.25) is 0 Å². The van der Waals surface area contributed by atoms with Crippen LogP contribution in [0.4, 0.5) is 0 Å². The molecule has 1 nitrogen and oxygen atoms in total. The maximum atomic E-state index is 10.1. The topological polar surface area (TPSA) is 20.2 Å². The highest BCUT2D eigenvalue weighted by molar-refractivity contribution is 5.28. The maximum Gasteiger partial charge on any atom is 0.0540 e. The third-order valence-electron chi connectivity index (χ3n) is 5.04. The molecule has 0 aliphatic heterocycles. The number of aliphatic hydroxyl groups excluding tert-OH is 1. The molecular weight excluding hydrogens is 232 g/mol. The molecule has 0 aromatic heterocycles. The number of allylic oxidation sites excluding steroid dienone is 4. The second-order valence-corrected chi connectivity index (χ2v) is 6.50. The molecule has 0 heterocycles. The Morgan fingerprint density at radius 2 is 2.21 bits per heavy atom. The molecule has 4 unspecified atom stereocenters. The lowest BCUT2D eigenvalue weighted by molar-refractivity contribution is 0.129. The van der Waals surface area contributed by atoms with Gasteiger partial charge in [-0.15, -0.1) is 0 Å². The van der Waals surface area contributed by atoms with Gasteiger partial charge in [0.05, 0.1) is 6.10 Å². The summed E-state index contributed by atoms with van der Waals surface area (Å²) < 4.78 is 0. The molecule has 1 heteroatoms. The number of hydrogen-bond acceptors (Lipinski definition) is 1. The van der Waals surface area contributed by atoms with Crippen LogP contribution in [0.1, 0.15) is 65.2 Å². The van der Waals surface area contributed by atoms with Gasteiger partial charge in [0.2, 0.25) is 0 Å². The number of aliphatic hydroxyl groups is 1. The molecule has 0 saturated carbocycles. The Labute approximate surface area is 118 Å². The van der Waals surface area contributed by atoms with Gasteiger partial charge in [0.15, 0.2) is 0 Å². The summed E-state index contributed by atoms with van der Waals surface area (Å²) >= 11 is 0. The van der Waals surface area contributed by atoms with Gasteiger partial charge >= 0.3 is 0 Å². The molecule has 19 heavy (non-hydrogen) atoms. The van der Waals surface area contributed by atoms with E-state index in [1.807, 2.05) is 0 Å². The van der Waals surface area contributed by atoms with Crippen molar-refractivity contribution < 1.29 is 5.11 Å². The minimum atomic E-state index is -0.0749. The Bertz CT molecular complexity index is 329. The summed E-state index contributed by atoms with van der Waals surface area (Å²) in [5.41, 5.74) is 1.58. The molecule has 0 aromatic rings. The summed E-state index contributed by atoms with van der Waals surface area (Å²) in [5.74, 6) is 2.21. The summed E-state index contributed by atoms with van der Waals surface area (Å²) in [7, 11) is 0. The first kappa shape index (κ1) is 14.8. The third-order valence-corrected chi connectivity index (χ3v) is 5.04. The van der Waals surface area contributed by atoms with E-state index in [9.17, 15) is 5.11 Å². The second-order valence-electron chi connectivity index (χ2n) is 6.50. The smallest absolute Gasteiger partial charge is 0.0540 e. The van der Waals surface area contributed by atoms with Crippen LogP contribution in [0.15, 0.2) is 23.8 Å². The van der Waals surface area contributed by atoms with E-state index in [1.54, 1.807) is 5.57 Å². The van der Waals surface area contributed by atoms with Crippen molar-refractivity contribution in [3.8, 4) is 0 Å². The van der Waals surface area contributed by atoms with Gasteiger partial charge < -0.3 is 5.11 Å². The van der Waals surface area contributed by atoms with Gasteiger partial charge in [-0.3, -0.25) is 0 Å². The fraction of sp³-hybridized carbons (Fsp3) is 0.778. The molecule has 0 bridgehead atoms. The van der Waals surface area contributed by atoms with E-state index < -0.39 is 0 Å². The fourth-order valence-electron chi connectivity index (χ4n) is 3.78. The molecule has 1 N–H and O–H groups in total. The largest absolute Gasteiger partial charge is 0.393 e. The van der Waals surface area contributed by atoms with E-state index in [-0.39, 0.29) is 6.10 Å². The fourth-order valence-corrected chi connectivity index (χ4v) is 3.78. The van der Waals surface area contributed by atoms with E-state index >= 15 is 0 Å². The lowest BCUT2D eigenvalue weighted by Crippen LogP contribution is -2.28. The van der Waals surface area contributed by atoms with Gasteiger partial charge in [-0.2, -0.15) is 0 Å². The third kappa shape index (κ3) is 3.95. The molecule has 0 spiro atoms. The summed E-state index contributed by atoms with van der Waals surface area (Å²) in [5, 5.41) is 10.1. The molecule has 0 saturated heterocycles. The Morgan fingerprint density at radius 3 is 3.00 bits per heavy atom. The molecule has 0 aromatic carbocycles. The van der Waals surface area contributed by atoms with Crippen molar-refractivity contribution in [2.45, 2.75) is 71.3 Å². The van der Waals surface area contributed by atoms with Gasteiger partial charge in [-0.05, 0) is 61.9 Å². The summed E-state index contributed by atoms with van der Waals surface area (Å²) in [6.07, 6.45) is 16.6. The van der Waals surface area contributed by atoms with Crippen molar-refractivity contribution in [1.82, 2.24) is 0 Å². The number of rotatable bonds is 6. The average molecular weight is 262 g/mol. The van der Waals surface area contributed by atoms with Gasteiger partial charge in [0.25, 0.3) is 0 Å². The van der Waals surface area contributed by atoms with Crippen molar-refractivity contribution in [3.05, 3.63) is 23.8 Å². The van der Waals surface area contributed by atoms with Gasteiger partial charge in [0.1, 0.15) is 0 Å². The minimum absolute atomic E-state index is 0.0749. The second kappa shape index (κ2) is 7.28. The highest BCUT2D eigenvalue weighted by Crippen LogP contribution is 2.42. The number of hydrogen-bond donors (Lipinski definition) is 1. The van der Waals surface area contributed by atoms with Gasteiger partial charge in [-0.1, -0.05) is 44.9 Å². The first-order valence-electron chi connectivity index (χ1n) is 8.28. The number of unbranched alkanes of at least 4 members (excludes halogenated alkanes) is 1. The summed E-state index contributed by atoms with van der Waals surface area (Å²) in [4.78, 5) is 0. The van der Waals surface area contributed by atoms with Crippen LogP contribution in [0.5, 0.6) is 0 Å². The van der Waals surface area contributed by atoms with Crippen molar-refractivity contribution in [2.24, 2.45) is 17.8 Å². The van der Waals surface area contributed by atoms with Crippen molar-refractivity contribution in [1.29, 1.82) is 0 Å². The lowest BCUT2D eigenvalue weighted by Gasteiger charge is -2.37. The van der Waals surface area contributed by atoms with Crippen molar-refractivity contribution in [3.63, 3.8) is 0 Å². The zero-order valence-electron chi connectivity index (χ0n) is 12.6. The number of fused-ring (bicyclic) bond motifs is 1. The standard InChI is InChI=1S/C18H30O/c1-3-4-8-16(19)12-13-17-14(2)10-11-15-7-5-6-9-18(15)17/h7,10-11,14,16-19H,3-6,8-9,12-13H2,1-2H3. The van der Waals surface area contributed by atoms with Crippen LogP contribution in [0, 0.1) is 17.8 Å². The zero-order valence-corrected chi connectivity index (χ0v) is 12.6. The van der Waals surface area contributed by atoms with E-state index in [0.717, 1.165) is 31.1 Å². The maximum absolute atomic E-state index is 10.1. The Hall–Kier alpha value is -0.560. The van der Waals surface area contributed by atoms with Gasteiger partial charge in [-0.25, -0.2) is 0 Å². The average Bonchev–Trinajstić information content (AvgIpc) is 2.44. The molecular formula is C18H30O. The quantitative estimate of drug-likeness (QED) is 0.724. The van der Waals surface area contributed by atoms with Crippen molar-refractivity contribution in [2.75, 3.05) is 0 Å². The van der Waals surface area contributed by atoms with E-state index in [0.29, 0.717) is 5.92 Å². The minimum Gasteiger partial charge on any atom is -0.393 e. The van der Waals surface area contributed by atoms with E-state index in [4.69, 9.17) is 0 Å².